The Kier molecular flexibility index (Phi) is 2.66. The van der Waals surface area contributed by atoms with Crippen LogP contribution in [0.15, 0.2) is 54.6 Å². The molecule has 0 fully saturated rings. The molecular weight excluding hydrogens is 242 g/mol. The molecule has 0 saturated heterocycles. The third-order valence-electron chi connectivity index (χ3n) is 4.50. The van der Waals surface area contributed by atoms with E-state index in [1.807, 2.05) is 0 Å². The molecule has 2 aromatic carbocycles. The first-order valence-corrected chi connectivity index (χ1v) is 7.51. The summed E-state index contributed by atoms with van der Waals surface area (Å²) in [6.07, 6.45) is 8.49. The number of para-hydroxylation sites is 1. The Morgan fingerprint density at radius 2 is 1.85 bits per heavy atom. The molecule has 1 heterocycles. The van der Waals surface area contributed by atoms with Crippen LogP contribution in [0.1, 0.15) is 30.9 Å². The van der Waals surface area contributed by atoms with Crippen molar-refractivity contribution in [2.45, 2.75) is 32.2 Å². The van der Waals surface area contributed by atoms with Crippen molar-refractivity contribution in [3.63, 3.8) is 0 Å². The fraction of sp³-hybridized carbons (Fsp3) is 0.263. The van der Waals surface area contributed by atoms with Crippen LogP contribution < -0.4 is 0 Å². The molecule has 20 heavy (non-hydrogen) atoms. The average Bonchev–Trinajstić information content (AvgIpc) is 2.84. The molecule has 0 bridgehead atoms. The van der Waals surface area contributed by atoms with Gasteiger partial charge in [-0.3, -0.25) is 0 Å². The molecule has 1 unspecified atom stereocenters. The number of aryl methyl sites for hydroxylation is 1. The van der Waals surface area contributed by atoms with Crippen LogP contribution in [0.25, 0.3) is 21.8 Å². The molecule has 1 aromatic heterocycles. The highest BCUT2D eigenvalue weighted by atomic mass is 15.0. The molecule has 1 atom stereocenters. The minimum atomic E-state index is 0.507. The molecule has 1 heteroatoms. The Morgan fingerprint density at radius 1 is 1.00 bits per heavy atom. The van der Waals surface area contributed by atoms with E-state index >= 15 is 0 Å². The van der Waals surface area contributed by atoms with Crippen molar-refractivity contribution in [3.05, 3.63) is 60.2 Å². The second kappa shape index (κ2) is 4.52. The van der Waals surface area contributed by atoms with Gasteiger partial charge in [-0.1, -0.05) is 42.5 Å². The van der Waals surface area contributed by atoms with Crippen molar-refractivity contribution in [1.29, 1.82) is 0 Å². The van der Waals surface area contributed by atoms with Gasteiger partial charge in [0.2, 0.25) is 0 Å². The molecule has 4 rings (SSSR count). The van der Waals surface area contributed by atoms with E-state index in [1.54, 1.807) is 0 Å². The van der Waals surface area contributed by atoms with Gasteiger partial charge in [0.1, 0.15) is 0 Å². The number of aromatic nitrogens is 1. The molecule has 1 aliphatic rings. The molecule has 0 spiro atoms. The molecular formula is C19H19N. The van der Waals surface area contributed by atoms with Gasteiger partial charge in [0.05, 0.1) is 6.04 Å². The zero-order chi connectivity index (χ0) is 13.5. The summed E-state index contributed by atoms with van der Waals surface area (Å²) >= 11 is 0. The second-order valence-corrected chi connectivity index (χ2v) is 5.78. The maximum atomic E-state index is 2.54. The summed E-state index contributed by atoms with van der Waals surface area (Å²) in [7, 11) is 0. The molecule has 0 radical (unpaired) electrons. The van der Waals surface area contributed by atoms with Crippen molar-refractivity contribution in [3.8, 4) is 0 Å². The first kappa shape index (κ1) is 11.8. The molecule has 1 nitrogen and oxygen atoms in total. The minimum Gasteiger partial charge on any atom is -0.333 e. The Balaban J connectivity index is 2.13. The van der Waals surface area contributed by atoms with Gasteiger partial charge in [0, 0.05) is 21.8 Å². The highest BCUT2D eigenvalue weighted by Crippen LogP contribution is 2.36. The SMILES string of the molecule is Cc1cccc2c1c1ccccc1n2C1C=CCCC1. The van der Waals surface area contributed by atoms with Gasteiger partial charge in [-0.15, -0.1) is 0 Å². The standard InChI is InChI=1S/C19H19N/c1-14-8-7-13-18-19(14)16-11-5-6-12-17(16)20(18)15-9-3-2-4-10-15/h3,5-9,11-13,15H,2,4,10H2,1H3. The van der Waals surface area contributed by atoms with E-state index < -0.39 is 0 Å². The van der Waals surface area contributed by atoms with E-state index in [2.05, 4.69) is 66.1 Å². The molecule has 1 aliphatic carbocycles. The quantitative estimate of drug-likeness (QED) is 0.518. The summed E-state index contributed by atoms with van der Waals surface area (Å²) in [5.41, 5.74) is 4.12. The van der Waals surface area contributed by atoms with Crippen LogP contribution >= 0.6 is 0 Å². The van der Waals surface area contributed by atoms with Crippen molar-refractivity contribution in [2.24, 2.45) is 0 Å². The lowest BCUT2D eigenvalue weighted by atomic mass is 10.0. The highest BCUT2D eigenvalue weighted by molar-refractivity contribution is 6.09. The van der Waals surface area contributed by atoms with Crippen LogP contribution in [0.5, 0.6) is 0 Å². The van der Waals surface area contributed by atoms with Crippen molar-refractivity contribution in [2.75, 3.05) is 0 Å². The zero-order valence-electron chi connectivity index (χ0n) is 11.8. The van der Waals surface area contributed by atoms with Gasteiger partial charge in [-0.05, 0) is 43.9 Å². The van der Waals surface area contributed by atoms with Gasteiger partial charge in [-0.25, -0.2) is 0 Å². The fourth-order valence-corrected chi connectivity index (χ4v) is 3.60. The van der Waals surface area contributed by atoms with E-state index in [-0.39, 0.29) is 0 Å². The molecule has 0 N–H and O–H groups in total. The van der Waals surface area contributed by atoms with E-state index in [0.717, 1.165) is 0 Å². The van der Waals surface area contributed by atoms with Gasteiger partial charge in [-0.2, -0.15) is 0 Å². The van der Waals surface area contributed by atoms with Crippen LogP contribution in [-0.4, -0.2) is 4.57 Å². The lowest BCUT2D eigenvalue weighted by Gasteiger charge is -2.20. The third kappa shape index (κ3) is 1.62. The summed E-state index contributed by atoms with van der Waals surface area (Å²) in [6, 6.07) is 16.0. The van der Waals surface area contributed by atoms with Crippen LogP contribution in [0, 0.1) is 6.92 Å². The third-order valence-corrected chi connectivity index (χ3v) is 4.50. The van der Waals surface area contributed by atoms with E-state index in [0.29, 0.717) is 6.04 Å². The Labute approximate surface area is 119 Å². The van der Waals surface area contributed by atoms with Gasteiger partial charge in [0.25, 0.3) is 0 Å². The van der Waals surface area contributed by atoms with E-state index in [9.17, 15) is 0 Å². The number of rotatable bonds is 1. The van der Waals surface area contributed by atoms with E-state index in [1.165, 1.54) is 46.6 Å². The smallest absolute Gasteiger partial charge is 0.0522 e. The number of allylic oxidation sites excluding steroid dienone is 2. The molecule has 3 aromatic rings. The van der Waals surface area contributed by atoms with Crippen molar-refractivity contribution in [1.82, 2.24) is 4.57 Å². The largest absolute Gasteiger partial charge is 0.333 e. The summed E-state index contributed by atoms with van der Waals surface area (Å²) in [6.45, 7) is 2.22. The van der Waals surface area contributed by atoms with Crippen LogP contribution in [0.2, 0.25) is 0 Å². The second-order valence-electron chi connectivity index (χ2n) is 5.78. The lowest BCUT2D eigenvalue weighted by Crippen LogP contribution is -2.08. The van der Waals surface area contributed by atoms with Crippen LogP contribution in [-0.2, 0) is 0 Å². The summed E-state index contributed by atoms with van der Waals surface area (Å²) in [4.78, 5) is 0. The summed E-state index contributed by atoms with van der Waals surface area (Å²) in [5.74, 6) is 0. The van der Waals surface area contributed by atoms with Gasteiger partial charge >= 0.3 is 0 Å². The van der Waals surface area contributed by atoms with Crippen molar-refractivity contribution >= 4 is 21.8 Å². The van der Waals surface area contributed by atoms with Gasteiger partial charge in [0.15, 0.2) is 0 Å². The highest BCUT2D eigenvalue weighted by Gasteiger charge is 2.18. The maximum absolute atomic E-state index is 2.54. The molecule has 0 amide bonds. The van der Waals surface area contributed by atoms with Gasteiger partial charge < -0.3 is 4.57 Å². The summed E-state index contributed by atoms with van der Waals surface area (Å²) < 4.78 is 2.54. The predicted molar refractivity (Wildman–Crippen MR) is 86.2 cm³/mol. The topological polar surface area (TPSA) is 4.93 Å². The Morgan fingerprint density at radius 3 is 2.70 bits per heavy atom. The fourth-order valence-electron chi connectivity index (χ4n) is 3.60. The summed E-state index contributed by atoms with van der Waals surface area (Å²) in [5, 5.41) is 2.81. The first-order valence-electron chi connectivity index (χ1n) is 7.51. The number of hydrogen-bond acceptors (Lipinski definition) is 0. The first-order chi connectivity index (χ1) is 9.86. The lowest BCUT2D eigenvalue weighted by molar-refractivity contribution is 0.542. The number of benzene rings is 2. The number of nitrogens with zero attached hydrogens (tertiary/aromatic N) is 1. The monoisotopic (exact) mass is 261 g/mol. The number of hydrogen-bond donors (Lipinski definition) is 0. The maximum Gasteiger partial charge on any atom is 0.0522 e. The Hall–Kier alpha value is -2.02. The number of fused-ring (bicyclic) bond motifs is 3. The molecule has 0 aliphatic heterocycles. The minimum absolute atomic E-state index is 0.507. The van der Waals surface area contributed by atoms with Crippen LogP contribution in [0.3, 0.4) is 0 Å². The zero-order valence-corrected chi connectivity index (χ0v) is 11.8. The predicted octanol–water partition coefficient (Wildman–Crippen LogP) is 5.38. The normalized spacial score (nSPS) is 18.9. The molecule has 100 valence electrons. The average molecular weight is 261 g/mol. The molecule has 0 saturated carbocycles. The van der Waals surface area contributed by atoms with E-state index in [4.69, 9.17) is 0 Å². The van der Waals surface area contributed by atoms with Crippen molar-refractivity contribution < 1.29 is 0 Å². The Bertz CT molecular complexity index is 807. The van der Waals surface area contributed by atoms with Crippen LogP contribution in [0.4, 0.5) is 0 Å².